The number of para-hydroxylation sites is 1. The number of phenols is 1. The van der Waals surface area contributed by atoms with Gasteiger partial charge in [0.25, 0.3) is 5.91 Å². The first kappa shape index (κ1) is 14.6. The summed E-state index contributed by atoms with van der Waals surface area (Å²) in [6.07, 6.45) is 0. The molecule has 4 nitrogen and oxygen atoms in total. The molecule has 2 rings (SSSR count). The van der Waals surface area contributed by atoms with Gasteiger partial charge in [-0.1, -0.05) is 18.2 Å². The minimum atomic E-state index is -0.230. The van der Waals surface area contributed by atoms with Crippen molar-refractivity contribution in [2.75, 3.05) is 6.61 Å². The number of benzene rings is 2. The van der Waals surface area contributed by atoms with Crippen molar-refractivity contribution < 1.29 is 14.6 Å². The molecule has 0 unspecified atom stereocenters. The maximum atomic E-state index is 11.6. The fourth-order valence-electron chi connectivity index (χ4n) is 1.58. The van der Waals surface area contributed by atoms with E-state index in [1.165, 1.54) is 0 Å². The Morgan fingerprint density at radius 1 is 1.15 bits per heavy atom. The fourth-order valence-corrected chi connectivity index (χ4v) is 1.94. The second-order valence-electron chi connectivity index (χ2n) is 4.15. The standard InChI is InChI=1S/C15H14INO3/c16-12-5-7-13(8-6-12)20-10-15(19)17-9-11-3-1-2-4-14(11)18/h1-8,18H,9-10H2,(H,17,19). The van der Waals surface area contributed by atoms with Crippen LogP contribution in [0.1, 0.15) is 5.56 Å². The molecule has 0 aliphatic rings. The van der Waals surface area contributed by atoms with Crippen molar-refractivity contribution in [1.82, 2.24) is 5.32 Å². The van der Waals surface area contributed by atoms with E-state index >= 15 is 0 Å². The predicted molar refractivity (Wildman–Crippen MR) is 84.6 cm³/mol. The smallest absolute Gasteiger partial charge is 0.258 e. The number of amides is 1. The third-order valence-corrected chi connectivity index (χ3v) is 3.37. The van der Waals surface area contributed by atoms with Crippen LogP contribution < -0.4 is 10.1 Å². The SMILES string of the molecule is O=C(COc1ccc(I)cc1)NCc1ccccc1O. The first-order valence-electron chi connectivity index (χ1n) is 6.07. The maximum Gasteiger partial charge on any atom is 0.258 e. The van der Waals surface area contributed by atoms with Crippen LogP contribution in [0.3, 0.4) is 0 Å². The van der Waals surface area contributed by atoms with E-state index in [9.17, 15) is 9.90 Å². The van der Waals surface area contributed by atoms with Gasteiger partial charge in [-0.25, -0.2) is 0 Å². The van der Waals surface area contributed by atoms with Gasteiger partial charge < -0.3 is 15.2 Å². The minimum absolute atomic E-state index is 0.0474. The molecule has 0 bridgehead atoms. The minimum Gasteiger partial charge on any atom is -0.508 e. The quantitative estimate of drug-likeness (QED) is 0.781. The Bertz CT molecular complexity index is 584. The highest BCUT2D eigenvalue weighted by Gasteiger charge is 2.05. The lowest BCUT2D eigenvalue weighted by Crippen LogP contribution is -2.28. The van der Waals surface area contributed by atoms with E-state index in [2.05, 4.69) is 27.9 Å². The van der Waals surface area contributed by atoms with Gasteiger partial charge in [0.2, 0.25) is 0 Å². The topological polar surface area (TPSA) is 58.6 Å². The van der Waals surface area contributed by atoms with Crippen molar-refractivity contribution in [2.24, 2.45) is 0 Å². The van der Waals surface area contributed by atoms with Crippen molar-refractivity contribution in [2.45, 2.75) is 6.54 Å². The molecular weight excluding hydrogens is 369 g/mol. The highest BCUT2D eigenvalue weighted by atomic mass is 127. The third kappa shape index (κ3) is 4.41. The highest BCUT2D eigenvalue weighted by Crippen LogP contribution is 2.15. The van der Waals surface area contributed by atoms with Crippen molar-refractivity contribution in [3.63, 3.8) is 0 Å². The summed E-state index contributed by atoms with van der Waals surface area (Å²) in [5.74, 6) is 0.598. The molecule has 0 atom stereocenters. The maximum absolute atomic E-state index is 11.6. The van der Waals surface area contributed by atoms with E-state index in [4.69, 9.17) is 4.74 Å². The average molecular weight is 383 g/mol. The molecule has 5 heteroatoms. The van der Waals surface area contributed by atoms with Crippen LogP contribution in [-0.2, 0) is 11.3 Å². The zero-order chi connectivity index (χ0) is 14.4. The summed E-state index contributed by atoms with van der Waals surface area (Å²) in [5, 5.41) is 12.3. The lowest BCUT2D eigenvalue weighted by Gasteiger charge is -2.08. The molecule has 0 aliphatic carbocycles. The summed E-state index contributed by atoms with van der Waals surface area (Å²) in [4.78, 5) is 11.6. The summed E-state index contributed by atoms with van der Waals surface area (Å²) in [5.41, 5.74) is 0.676. The number of aromatic hydroxyl groups is 1. The first-order valence-corrected chi connectivity index (χ1v) is 7.15. The molecule has 0 fully saturated rings. The number of ether oxygens (including phenoxy) is 1. The first-order chi connectivity index (χ1) is 9.65. The molecule has 0 saturated heterocycles. The molecule has 104 valence electrons. The van der Waals surface area contributed by atoms with E-state index in [-0.39, 0.29) is 24.8 Å². The van der Waals surface area contributed by atoms with Gasteiger partial charge >= 0.3 is 0 Å². The monoisotopic (exact) mass is 383 g/mol. The van der Waals surface area contributed by atoms with Crippen molar-refractivity contribution in [1.29, 1.82) is 0 Å². The Morgan fingerprint density at radius 2 is 1.85 bits per heavy atom. The van der Waals surface area contributed by atoms with Crippen molar-refractivity contribution in [3.05, 3.63) is 57.7 Å². The van der Waals surface area contributed by atoms with Crippen LogP contribution in [-0.4, -0.2) is 17.6 Å². The van der Waals surface area contributed by atoms with Crippen LogP contribution in [0.4, 0.5) is 0 Å². The Kier molecular flexibility index (Phi) is 5.23. The Balaban J connectivity index is 1.78. The van der Waals surface area contributed by atoms with Crippen LogP contribution in [0.5, 0.6) is 11.5 Å². The summed E-state index contributed by atoms with van der Waals surface area (Å²) in [6.45, 7) is 0.232. The number of hydrogen-bond acceptors (Lipinski definition) is 3. The molecule has 0 saturated carbocycles. The molecule has 20 heavy (non-hydrogen) atoms. The molecule has 0 spiro atoms. The molecule has 2 N–H and O–H groups in total. The summed E-state index contributed by atoms with van der Waals surface area (Å²) in [7, 11) is 0. The Hall–Kier alpha value is -1.76. The van der Waals surface area contributed by atoms with Crippen LogP contribution in [0, 0.1) is 3.57 Å². The number of carbonyl (C=O) groups is 1. The number of carbonyl (C=O) groups excluding carboxylic acids is 1. The summed E-state index contributed by atoms with van der Waals surface area (Å²) in [6, 6.07) is 14.4. The summed E-state index contributed by atoms with van der Waals surface area (Å²) < 4.78 is 6.47. The van der Waals surface area contributed by atoms with E-state index in [0.29, 0.717) is 11.3 Å². The number of nitrogens with one attached hydrogen (secondary N) is 1. The van der Waals surface area contributed by atoms with Crippen LogP contribution >= 0.6 is 22.6 Å². The molecule has 0 aliphatic heterocycles. The van der Waals surface area contributed by atoms with Crippen LogP contribution in [0.25, 0.3) is 0 Å². The summed E-state index contributed by atoms with van der Waals surface area (Å²) >= 11 is 2.20. The molecule has 0 heterocycles. The van der Waals surface area contributed by atoms with Crippen LogP contribution in [0.15, 0.2) is 48.5 Å². The van der Waals surface area contributed by atoms with Gasteiger partial charge in [-0.2, -0.15) is 0 Å². The molecule has 0 aromatic heterocycles. The van der Waals surface area contributed by atoms with Gasteiger partial charge in [-0.3, -0.25) is 4.79 Å². The lowest BCUT2D eigenvalue weighted by molar-refractivity contribution is -0.123. The largest absolute Gasteiger partial charge is 0.508 e. The number of phenolic OH excluding ortho intramolecular Hbond substituents is 1. The van der Waals surface area contributed by atoms with Gasteiger partial charge in [0, 0.05) is 15.7 Å². The fraction of sp³-hybridized carbons (Fsp3) is 0.133. The van der Waals surface area contributed by atoms with Gasteiger partial charge in [-0.05, 0) is 52.9 Å². The Labute approximate surface area is 130 Å². The molecule has 1 amide bonds. The average Bonchev–Trinajstić information content (AvgIpc) is 2.46. The van der Waals surface area contributed by atoms with E-state index in [0.717, 1.165) is 3.57 Å². The van der Waals surface area contributed by atoms with E-state index in [1.54, 1.807) is 18.2 Å². The number of rotatable bonds is 5. The lowest BCUT2D eigenvalue weighted by atomic mass is 10.2. The number of halogens is 1. The second kappa shape index (κ2) is 7.14. The zero-order valence-corrected chi connectivity index (χ0v) is 12.8. The van der Waals surface area contributed by atoms with E-state index < -0.39 is 0 Å². The number of hydrogen-bond donors (Lipinski definition) is 2. The molecular formula is C15H14INO3. The van der Waals surface area contributed by atoms with Crippen molar-refractivity contribution >= 4 is 28.5 Å². The van der Waals surface area contributed by atoms with Gasteiger partial charge in [-0.15, -0.1) is 0 Å². The molecule has 0 radical (unpaired) electrons. The van der Waals surface area contributed by atoms with Crippen LogP contribution in [0.2, 0.25) is 0 Å². The normalized spacial score (nSPS) is 10.1. The van der Waals surface area contributed by atoms with Gasteiger partial charge in [0.15, 0.2) is 6.61 Å². The van der Waals surface area contributed by atoms with E-state index in [1.807, 2.05) is 30.3 Å². The highest BCUT2D eigenvalue weighted by molar-refractivity contribution is 14.1. The Morgan fingerprint density at radius 3 is 2.55 bits per heavy atom. The molecule has 2 aromatic rings. The van der Waals surface area contributed by atoms with Gasteiger partial charge in [0.05, 0.1) is 0 Å². The zero-order valence-electron chi connectivity index (χ0n) is 10.7. The molecule has 2 aromatic carbocycles. The predicted octanol–water partition coefficient (Wildman–Crippen LogP) is 2.69. The van der Waals surface area contributed by atoms with Crippen molar-refractivity contribution in [3.8, 4) is 11.5 Å². The van der Waals surface area contributed by atoms with Gasteiger partial charge in [0.1, 0.15) is 11.5 Å². The third-order valence-electron chi connectivity index (χ3n) is 2.65. The second-order valence-corrected chi connectivity index (χ2v) is 5.39.